The first-order chi connectivity index (χ1) is 8.95. The Labute approximate surface area is 112 Å². The van der Waals surface area contributed by atoms with Gasteiger partial charge in [0.1, 0.15) is 0 Å². The lowest BCUT2D eigenvalue weighted by atomic mass is 10.1. The molecule has 0 amide bonds. The lowest BCUT2D eigenvalue weighted by Gasteiger charge is -2.21. The van der Waals surface area contributed by atoms with Crippen LogP contribution in [0.4, 0.5) is 5.69 Å². The van der Waals surface area contributed by atoms with Crippen LogP contribution >= 0.6 is 0 Å². The number of nitrogens with zero attached hydrogens (tertiary/aromatic N) is 2. The van der Waals surface area contributed by atoms with E-state index in [4.69, 9.17) is 10.5 Å². The third kappa shape index (κ3) is 2.45. The Morgan fingerprint density at radius 2 is 2.11 bits per heavy atom. The summed E-state index contributed by atoms with van der Waals surface area (Å²) in [5.74, 6) is -0.338. The van der Waals surface area contributed by atoms with E-state index < -0.39 is 5.54 Å². The van der Waals surface area contributed by atoms with Crippen LogP contribution in [0.25, 0.3) is 11.1 Å². The van der Waals surface area contributed by atoms with Gasteiger partial charge in [0, 0.05) is 17.4 Å². The quantitative estimate of drug-likeness (QED) is 0.676. The fourth-order valence-electron chi connectivity index (χ4n) is 1.84. The van der Waals surface area contributed by atoms with Gasteiger partial charge in [0.05, 0.1) is 13.3 Å². The summed E-state index contributed by atoms with van der Waals surface area (Å²) < 4.78 is 6.38. The average molecular weight is 259 g/mol. The Hall–Kier alpha value is -2.30. The molecule has 0 radical (unpaired) electrons. The molecule has 1 aromatic carbocycles. The van der Waals surface area contributed by atoms with Crippen molar-refractivity contribution < 1.29 is 9.53 Å². The molecule has 0 aliphatic rings. The average Bonchev–Trinajstić information content (AvgIpc) is 2.88. The Kier molecular flexibility index (Phi) is 3.29. The first kappa shape index (κ1) is 13.1. The van der Waals surface area contributed by atoms with Crippen LogP contribution in [-0.4, -0.2) is 22.9 Å². The maximum atomic E-state index is 11.7. The zero-order valence-electron chi connectivity index (χ0n) is 11.3. The molecule has 0 bridgehead atoms. The number of methoxy groups -OCH3 is 1. The monoisotopic (exact) mass is 259 g/mol. The Morgan fingerprint density at radius 1 is 1.37 bits per heavy atom. The Balaban J connectivity index is 2.37. The predicted molar refractivity (Wildman–Crippen MR) is 73.4 cm³/mol. The summed E-state index contributed by atoms with van der Waals surface area (Å²) in [4.78, 5) is 11.7. The van der Waals surface area contributed by atoms with Crippen LogP contribution in [0.1, 0.15) is 13.8 Å². The molecule has 0 unspecified atom stereocenters. The molecule has 19 heavy (non-hydrogen) atoms. The van der Waals surface area contributed by atoms with Gasteiger partial charge >= 0.3 is 5.97 Å². The number of benzene rings is 1. The van der Waals surface area contributed by atoms with Crippen molar-refractivity contribution in [2.75, 3.05) is 12.8 Å². The third-order valence-corrected chi connectivity index (χ3v) is 3.06. The van der Waals surface area contributed by atoms with E-state index in [0.29, 0.717) is 5.69 Å². The molecule has 0 aliphatic heterocycles. The van der Waals surface area contributed by atoms with Gasteiger partial charge in [0.15, 0.2) is 5.54 Å². The van der Waals surface area contributed by atoms with Gasteiger partial charge in [-0.3, -0.25) is 4.68 Å². The number of anilines is 1. The standard InChI is InChI=1S/C14H17N3O2/c1-14(2,13(18)19-3)17-9-11(8-16-17)10-5-4-6-12(15)7-10/h4-9H,15H2,1-3H3. The molecule has 5 nitrogen and oxygen atoms in total. The normalized spacial score (nSPS) is 11.3. The summed E-state index contributed by atoms with van der Waals surface area (Å²) in [6, 6.07) is 7.52. The maximum absolute atomic E-state index is 11.7. The Bertz CT molecular complexity index is 602. The van der Waals surface area contributed by atoms with E-state index in [1.54, 1.807) is 24.7 Å². The van der Waals surface area contributed by atoms with Crippen molar-refractivity contribution >= 4 is 11.7 Å². The second-order valence-corrected chi connectivity index (χ2v) is 4.85. The number of hydrogen-bond acceptors (Lipinski definition) is 4. The first-order valence-corrected chi connectivity index (χ1v) is 5.94. The molecule has 5 heteroatoms. The highest BCUT2D eigenvalue weighted by atomic mass is 16.5. The molecule has 0 fully saturated rings. The fourth-order valence-corrected chi connectivity index (χ4v) is 1.84. The number of nitrogens with two attached hydrogens (primary N) is 1. The number of carbonyl (C=O) groups excluding carboxylic acids is 1. The van der Waals surface area contributed by atoms with Crippen LogP contribution in [0.3, 0.4) is 0 Å². The second-order valence-electron chi connectivity index (χ2n) is 4.85. The van der Waals surface area contributed by atoms with Gasteiger partial charge < -0.3 is 10.5 Å². The predicted octanol–water partition coefficient (Wildman–Crippen LogP) is 2.04. The molecule has 1 heterocycles. The van der Waals surface area contributed by atoms with Crippen molar-refractivity contribution in [1.29, 1.82) is 0 Å². The van der Waals surface area contributed by atoms with Crippen molar-refractivity contribution in [1.82, 2.24) is 9.78 Å². The zero-order chi connectivity index (χ0) is 14.0. The van der Waals surface area contributed by atoms with Crippen molar-refractivity contribution in [3.8, 4) is 11.1 Å². The van der Waals surface area contributed by atoms with Crippen molar-refractivity contribution in [2.45, 2.75) is 19.4 Å². The SMILES string of the molecule is COC(=O)C(C)(C)n1cc(-c2cccc(N)c2)cn1. The van der Waals surface area contributed by atoms with E-state index in [9.17, 15) is 4.79 Å². The van der Waals surface area contributed by atoms with Crippen LogP contribution in [-0.2, 0) is 15.1 Å². The fraction of sp³-hybridized carbons (Fsp3) is 0.286. The molecule has 2 aromatic rings. The largest absolute Gasteiger partial charge is 0.467 e. The molecule has 0 saturated heterocycles. The first-order valence-electron chi connectivity index (χ1n) is 5.94. The lowest BCUT2D eigenvalue weighted by molar-refractivity contribution is -0.150. The van der Waals surface area contributed by atoms with E-state index in [1.165, 1.54) is 7.11 Å². The molecule has 2 rings (SSSR count). The molecule has 0 saturated carbocycles. The zero-order valence-corrected chi connectivity index (χ0v) is 11.3. The highest BCUT2D eigenvalue weighted by Crippen LogP contribution is 2.24. The van der Waals surface area contributed by atoms with E-state index >= 15 is 0 Å². The van der Waals surface area contributed by atoms with Gasteiger partial charge in [-0.05, 0) is 31.5 Å². The summed E-state index contributed by atoms with van der Waals surface area (Å²) >= 11 is 0. The third-order valence-electron chi connectivity index (χ3n) is 3.06. The summed E-state index contributed by atoms with van der Waals surface area (Å²) in [7, 11) is 1.37. The van der Waals surface area contributed by atoms with Gasteiger partial charge in [-0.25, -0.2) is 4.79 Å². The van der Waals surface area contributed by atoms with Crippen molar-refractivity contribution in [3.63, 3.8) is 0 Å². The summed E-state index contributed by atoms with van der Waals surface area (Å²) in [5, 5.41) is 4.24. The number of ether oxygens (including phenoxy) is 1. The van der Waals surface area contributed by atoms with Crippen LogP contribution in [0.5, 0.6) is 0 Å². The summed E-state index contributed by atoms with van der Waals surface area (Å²) in [6.07, 6.45) is 3.52. The number of nitrogen functional groups attached to an aromatic ring is 1. The van der Waals surface area contributed by atoms with E-state index in [2.05, 4.69) is 5.10 Å². The number of hydrogen-bond donors (Lipinski definition) is 1. The maximum Gasteiger partial charge on any atom is 0.333 e. The number of rotatable bonds is 3. The van der Waals surface area contributed by atoms with Crippen molar-refractivity contribution in [2.24, 2.45) is 0 Å². The lowest BCUT2D eigenvalue weighted by Crippen LogP contribution is -2.37. The highest BCUT2D eigenvalue weighted by Gasteiger charge is 2.31. The number of carbonyl (C=O) groups is 1. The topological polar surface area (TPSA) is 70.1 Å². The molecule has 0 spiro atoms. The number of esters is 1. The van der Waals surface area contributed by atoms with Crippen LogP contribution < -0.4 is 5.73 Å². The minimum Gasteiger partial charge on any atom is -0.467 e. The van der Waals surface area contributed by atoms with Gasteiger partial charge in [-0.15, -0.1) is 0 Å². The molecule has 0 atom stereocenters. The van der Waals surface area contributed by atoms with Crippen LogP contribution in [0.2, 0.25) is 0 Å². The minimum absolute atomic E-state index is 0.338. The van der Waals surface area contributed by atoms with Crippen LogP contribution in [0.15, 0.2) is 36.7 Å². The number of aromatic nitrogens is 2. The molecule has 100 valence electrons. The smallest absolute Gasteiger partial charge is 0.333 e. The van der Waals surface area contributed by atoms with E-state index in [0.717, 1.165) is 11.1 Å². The molecule has 2 N–H and O–H groups in total. The summed E-state index contributed by atoms with van der Waals surface area (Å²) in [6.45, 7) is 3.52. The van der Waals surface area contributed by atoms with Gasteiger partial charge in [-0.2, -0.15) is 5.10 Å². The van der Waals surface area contributed by atoms with E-state index in [-0.39, 0.29) is 5.97 Å². The van der Waals surface area contributed by atoms with Gasteiger partial charge in [0.25, 0.3) is 0 Å². The van der Waals surface area contributed by atoms with Gasteiger partial charge in [0.2, 0.25) is 0 Å². The highest BCUT2D eigenvalue weighted by molar-refractivity contribution is 5.78. The van der Waals surface area contributed by atoms with Gasteiger partial charge in [-0.1, -0.05) is 12.1 Å². The molecular formula is C14H17N3O2. The Morgan fingerprint density at radius 3 is 2.74 bits per heavy atom. The van der Waals surface area contributed by atoms with Crippen LogP contribution in [0, 0.1) is 0 Å². The summed E-state index contributed by atoms with van der Waals surface area (Å²) in [5.41, 5.74) is 7.48. The second kappa shape index (κ2) is 4.76. The van der Waals surface area contributed by atoms with E-state index in [1.807, 2.05) is 30.5 Å². The molecule has 1 aromatic heterocycles. The minimum atomic E-state index is -0.840. The molecular weight excluding hydrogens is 242 g/mol. The molecule has 0 aliphatic carbocycles. The van der Waals surface area contributed by atoms with Crippen molar-refractivity contribution in [3.05, 3.63) is 36.7 Å².